The third-order valence-electron chi connectivity index (χ3n) is 4.77. The molecule has 0 N–H and O–H groups in total. The first-order valence-electron chi connectivity index (χ1n) is 8.62. The van der Waals surface area contributed by atoms with Crippen molar-refractivity contribution in [3.8, 4) is 5.75 Å². The number of ether oxygens (including phenoxy) is 1. The topological polar surface area (TPSA) is 47.4 Å². The molecule has 1 saturated heterocycles. The molecule has 1 atom stereocenters. The first kappa shape index (κ1) is 15.7. The normalized spacial score (nSPS) is 17.4. The van der Waals surface area contributed by atoms with Crippen molar-refractivity contribution < 1.29 is 9.53 Å². The molecule has 2 heterocycles. The summed E-state index contributed by atoms with van der Waals surface area (Å²) in [7, 11) is 2.02. The summed E-state index contributed by atoms with van der Waals surface area (Å²) >= 11 is 0. The van der Waals surface area contributed by atoms with Crippen molar-refractivity contribution in [3.05, 3.63) is 54.4 Å². The maximum Gasteiger partial charge on any atom is 0.227 e. The lowest BCUT2D eigenvalue weighted by molar-refractivity contribution is -0.117. The van der Waals surface area contributed by atoms with Crippen LogP contribution in [0, 0.1) is 0 Å². The zero-order valence-electron chi connectivity index (χ0n) is 14.5. The number of amides is 1. The third-order valence-corrected chi connectivity index (χ3v) is 4.77. The molecule has 1 aliphatic rings. The Morgan fingerprint density at radius 3 is 2.64 bits per heavy atom. The average Bonchev–Trinajstić information content (AvgIpc) is 3.17. The van der Waals surface area contributed by atoms with Crippen LogP contribution in [-0.2, 0) is 11.8 Å². The molecule has 0 unspecified atom stereocenters. The van der Waals surface area contributed by atoms with E-state index in [0.717, 1.165) is 28.3 Å². The number of benzene rings is 2. The van der Waals surface area contributed by atoms with Crippen molar-refractivity contribution in [2.24, 2.45) is 7.05 Å². The summed E-state index contributed by atoms with van der Waals surface area (Å²) in [5.74, 6) is 2.05. The average molecular weight is 335 g/mol. The zero-order chi connectivity index (χ0) is 17.4. The Morgan fingerprint density at radius 1 is 1.16 bits per heavy atom. The van der Waals surface area contributed by atoms with Gasteiger partial charge in [0, 0.05) is 31.6 Å². The van der Waals surface area contributed by atoms with Crippen LogP contribution in [0.4, 0.5) is 5.69 Å². The van der Waals surface area contributed by atoms with Gasteiger partial charge in [-0.25, -0.2) is 4.98 Å². The summed E-state index contributed by atoms with van der Waals surface area (Å²) in [6.45, 7) is 3.25. The lowest BCUT2D eigenvalue weighted by Crippen LogP contribution is -2.24. The van der Waals surface area contributed by atoms with Crippen LogP contribution >= 0.6 is 0 Å². The number of anilines is 1. The van der Waals surface area contributed by atoms with Crippen molar-refractivity contribution in [2.45, 2.75) is 19.3 Å². The van der Waals surface area contributed by atoms with E-state index in [2.05, 4.69) is 10.6 Å². The first-order chi connectivity index (χ1) is 12.2. The number of imidazole rings is 1. The van der Waals surface area contributed by atoms with Gasteiger partial charge >= 0.3 is 0 Å². The highest BCUT2D eigenvalue weighted by Gasteiger charge is 2.34. The lowest BCUT2D eigenvalue weighted by atomic mass is 10.1. The fourth-order valence-electron chi connectivity index (χ4n) is 3.55. The number of aryl methyl sites for hydroxylation is 1. The van der Waals surface area contributed by atoms with E-state index in [-0.39, 0.29) is 11.8 Å². The van der Waals surface area contributed by atoms with Gasteiger partial charge in [-0.2, -0.15) is 0 Å². The van der Waals surface area contributed by atoms with Gasteiger partial charge in [0.2, 0.25) is 5.91 Å². The van der Waals surface area contributed by atoms with E-state index < -0.39 is 0 Å². The molecular weight excluding hydrogens is 314 g/mol. The van der Waals surface area contributed by atoms with Crippen LogP contribution in [0.3, 0.4) is 0 Å². The summed E-state index contributed by atoms with van der Waals surface area (Å²) in [5, 5.41) is 0. The Hall–Kier alpha value is -2.82. The van der Waals surface area contributed by atoms with Gasteiger partial charge in [0.1, 0.15) is 11.6 Å². The van der Waals surface area contributed by atoms with E-state index in [0.29, 0.717) is 19.6 Å². The van der Waals surface area contributed by atoms with E-state index in [9.17, 15) is 4.79 Å². The van der Waals surface area contributed by atoms with Crippen LogP contribution in [-0.4, -0.2) is 28.6 Å². The summed E-state index contributed by atoms with van der Waals surface area (Å²) in [5.41, 5.74) is 2.99. The van der Waals surface area contributed by atoms with Gasteiger partial charge in [0.25, 0.3) is 0 Å². The van der Waals surface area contributed by atoms with Crippen molar-refractivity contribution in [2.75, 3.05) is 18.1 Å². The van der Waals surface area contributed by atoms with Gasteiger partial charge in [-0.1, -0.05) is 12.1 Å². The van der Waals surface area contributed by atoms with Crippen LogP contribution in [0.5, 0.6) is 5.75 Å². The molecule has 25 heavy (non-hydrogen) atoms. The standard InChI is InChI=1S/C20H21N3O2/c1-3-25-16-10-8-15(9-11-16)23-13-14(12-19(23)24)20-21-17-6-4-5-7-18(17)22(20)2/h4-11,14H,3,12-13H2,1-2H3/t14-/m1/s1. The van der Waals surface area contributed by atoms with Crippen molar-refractivity contribution >= 4 is 22.6 Å². The fraction of sp³-hybridized carbons (Fsp3) is 0.300. The molecule has 0 aliphatic carbocycles. The van der Waals surface area contributed by atoms with E-state index in [4.69, 9.17) is 9.72 Å². The van der Waals surface area contributed by atoms with Gasteiger partial charge in [-0.3, -0.25) is 4.79 Å². The summed E-state index contributed by atoms with van der Waals surface area (Å²) in [6.07, 6.45) is 0.490. The molecule has 3 aromatic rings. The minimum Gasteiger partial charge on any atom is -0.494 e. The van der Waals surface area contributed by atoms with Crippen LogP contribution in [0.2, 0.25) is 0 Å². The minimum atomic E-state index is 0.108. The molecule has 1 amide bonds. The highest BCUT2D eigenvalue weighted by atomic mass is 16.5. The third kappa shape index (κ3) is 2.76. The van der Waals surface area contributed by atoms with Gasteiger partial charge < -0.3 is 14.2 Å². The van der Waals surface area contributed by atoms with E-state index >= 15 is 0 Å². The second-order valence-corrected chi connectivity index (χ2v) is 6.35. The summed E-state index contributed by atoms with van der Waals surface area (Å²) < 4.78 is 7.58. The van der Waals surface area contributed by atoms with Gasteiger partial charge in [0.05, 0.1) is 17.6 Å². The number of hydrogen-bond donors (Lipinski definition) is 0. The smallest absolute Gasteiger partial charge is 0.227 e. The van der Waals surface area contributed by atoms with Crippen LogP contribution in [0.25, 0.3) is 11.0 Å². The van der Waals surface area contributed by atoms with Gasteiger partial charge in [-0.05, 0) is 43.3 Å². The number of carbonyl (C=O) groups is 1. The van der Waals surface area contributed by atoms with Crippen molar-refractivity contribution in [1.29, 1.82) is 0 Å². The zero-order valence-corrected chi connectivity index (χ0v) is 14.5. The molecule has 1 aliphatic heterocycles. The second kappa shape index (κ2) is 6.24. The van der Waals surface area contributed by atoms with E-state index in [1.807, 2.05) is 61.3 Å². The number of para-hydroxylation sites is 2. The molecule has 0 radical (unpaired) electrons. The Labute approximate surface area is 146 Å². The van der Waals surface area contributed by atoms with Crippen LogP contribution in [0.1, 0.15) is 25.1 Å². The maximum absolute atomic E-state index is 12.6. The summed E-state index contributed by atoms with van der Waals surface area (Å²) in [6, 6.07) is 15.8. The number of hydrogen-bond acceptors (Lipinski definition) is 3. The Balaban J connectivity index is 1.60. The van der Waals surface area contributed by atoms with E-state index in [1.165, 1.54) is 0 Å². The van der Waals surface area contributed by atoms with Gasteiger partial charge in [0.15, 0.2) is 0 Å². The van der Waals surface area contributed by atoms with E-state index in [1.54, 1.807) is 0 Å². The number of fused-ring (bicyclic) bond motifs is 1. The molecule has 5 nitrogen and oxygen atoms in total. The Bertz CT molecular complexity index is 914. The number of rotatable bonds is 4. The molecule has 128 valence electrons. The number of nitrogens with zero attached hydrogens (tertiary/aromatic N) is 3. The first-order valence-corrected chi connectivity index (χ1v) is 8.62. The molecule has 5 heteroatoms. The van der Waals surface area contributed by atoms with Gasteiger partial charge in [-0.15, -0.1) is 0 Å². The Morgan fingerprint density at radius 2 is 1.92 bits per heavy atom. The quantitative estimate of drug-likeness (QED) is 0.733. The van der Waals surface area contributed by atoms with Crippen LogP contribution < -0.4 is 9.64 Å². The van der Waals surface area contributed by atoms with Crippen molar-refractivity contribution in [3.63, 3.8) is 0 Å². The molecule has 4 rings (SSSR count). The van der Waals surface area contributed by atoms with Crippen LogP contribution in [0.15, 0.2) is 48.5 Å². The molecule has 2 aromatic carbocycles. The van der Waals surface area contributed by atoms with Crippen molar-refractivity contribution in [1.82, 2.24) is 9.55 Å². The molecule has 1 aromatic heterocycles. The highest BCUT2D eigenvalue weighted by molar-refractivity contribution is 5.96. The second-order valence-electron chi connectivity index (χ2n) is 6.35. The molecule has 0 spiro atoms. The largest absolute Gasteiger partial charge is 0.494 e. The molecular formula is C20H21N3O2. The SMILES string of the molecule is CCOc1ccc(N2C[C@H](c3nc4ccccc4n3C)CC2=O)cc1. The lowest BCUT2D eigenvalue weighted by Gasteiger charge is -2.17. The Kier molecular flexibility index (Phi) is 3.92. The molecule has 0 bridgehead atoms. The molecule has 0 saturated carbocycles. The number of carbonyl (C=O) groups excluding carboxylic acids is 1. The molecule has 1 fully saturated rings. The predicted octanol–water partition coefficient (Wildman–Crippen LogP) is 3.49. The fourth-order valence-corrected chi connectivity index (χ4v) is 3.55. The minimum absolute atomic E-state index is 0.108. The predicted molar refractivity (Wildman–Crippen MR) is 98.0 cm³/mol. The number of aromatic nitrogens is 2. The summed E-state index contributed by atoms with van der Waals surface area (Å²) in [4.78, 5) is 19.2. The highest BCUT2D eigenvalue weighted by Crippen LogP contribution is 2.33. The monoisotopic (exact) mass is 335 g/mol. The maximum atomic E-state index is 12.6.